The van der Waals surface area contributed by atoms with E-state index in [2.05, 4.69) is 35.7 Å². The molecule has 1 atom stereocenters. The van der Waals surface area contributed by atoms with E-state index in [1.54, 1.807) is 0 Å². The Morgan fingerprint density at radius 3 is 3.06 bits per heavy atom. The van der Waals surface area contributed by atoms with Crippen molar-refractivity contribution in [1.29, 1.82) is 0 Å². The van der Waals surface area contributed by atoms with Crippen molar-refractivity contribution in [3.05, 3.63) is 30.1 Å². The Bertz CT molecular complexity index is 538. The first kappa shape index (κ1) is 11.7. The Balaban J connectivity index is 2.10. The standard InChI is InChI=1S/C15H20N2O/c1-11(2)14-9-17(12-5-4-8-18-10-12)15-13(14)6-3-7-16-15/h3,6-7,9,11-12H,4-5,8,10H2,1-2H3. The highest BCUT2D eigenvalue weighted by atomic mass is 16.5. The number of fused-ring (bicyclic) bond motifs is 1. The zero-order valence-electron chi connectivity index (χ0n) is 11.1. The van der Waals surface area contributed by atoms with Gasteiger partial charge in [0.15, 0.2) is 0 Å². The van der Waals surface area contributed by atoms with Crippen LogP contribution in [0.4, 0.5) is 0 Å². The smallest absolute Gasteiger partial charge is 0.140 e. The zero-order valence-corrected chi connectivity index (χ0v) is 11.1. The third kappa shape index (κ3) is 1.93. The van der Waals surface area contributed by atoms with E-state index >= 15 is 0 Å². The Hall–Kier alpha value is -1.35. The van der Waals surface area contributed by atoms with E-state index in [1.165, 1.54) is 17.4 Å². The number of hydrogen-bond acceptors (Lipinski definition) is 2. The van der Waals surface area contributed by atoms with Gasteiger partial charge >= 0.3 is 0 Å². The highest BCUT2D eigenvalue weighted by Gasteiger charge is 2.20. The average molecular weight is 244 g/mol. The Labute approximate surface area is 108 Å². The van der Waals surface area contributed by atoms with Crippen LogP contribution in [0.5, 0.6) is 0 Å². The summed E-state index contributed by atoms with van der Waals surface area (Å²) in [5.74, 6) is 0.530. The summed E-state index contributed by atoms with van der Waals surface area (Å²) in [6, 6.07) is 4.65. The van der Waals surface area contributed by atoms with Gasteiger partial charge in [-0.3, -0.25) is 0 Å². The molecule has 2 aromatic rings. The molecule has 1 aliphatic rings. The third-order valence-electron chi connectivity index (χ3n) is 3.77. The molecule has 0 spiro atoms. The predicted molar refractivity (Wildman–Crippen MR) is 72.9 cm³/mol. The maximum Gasteiger partial charge on any atom is 0.140 e. The lowest BCUT2D eigenvalue weighted by atomic mass is 10.0. The number of pyridine rings is 1. The van der Waals surface area contributed by atoms with Gasteiger partial charge in [-0.1, -0.05) is 13.8 Å². The number of rotatable bonds is 2. The molecule has 3 heteroatoms. The van der Waals surface area contributed by atoms with Crippen molar-refractivity contribution in [2.24, 2.45) is 0 Å². The fourth-order valence-corrected chi connectivity index (χ4v) is 2.79. The van der Waals surface area contributed by atoms with Crippen molar-refractivity contribution in [2.75, 3.05) is 13.2 Å². The van der Waals surface area contributed by atoms with E-state index in [1.807, 2.05) is 12.3 Å². The first-order valence-corrected chi connectivity index (χ1v) is 6.80. The lowest BCUT2D eigenvalue weighted by molar-refractivity contribution is 0.0604. The molecule has 0 saturated carbocycles. The van der Waals surface area contributed by atoms with Crippen LogP contribution < -0.4 is 0 Å². The van der Waals surface area contributed by atoms with E-state index < -0.39 is 0 Å². The highest BCUT2D eigenvalue weighted by Crippen LogP contribution is 2.30. The maximum atomic E-state index is 5.61. The van der Waals surface area contributed by atoms with Crippen LogP contribution in [-0.2, 0) is 4.74 Å². The number of hydrogen-bond donors (Lipinski definition) is 0. The molecule has 0 aliphatic carbocycles. The molecule has 3 rings (SSSR count). The monoisotopic (exact) mass is 244 g/mol. The van der Waals surface area contributed by atoms with Gasteiger partial charge in [0.2, 0.25) is 0 Å². The van der Waals surface area contributed by atoms with Crippen molar-refractivity contribution in [3.63, 3.8) is 0 Å². The summed E-state index contributed by atoms with van der Waals surface area (Å²) >= 11 is 0. The van der Waals surface area contributed by atoms with Gasteiger partial charge in [-0.15, -0.1) is 0 Å². The molecule has 1 saturated heterocycles. The minimum absolute atomic E-state index is 0.448. The highest BCUT2D eigenvalue weighted by molar-refractivity contribution is 5.81. The van der Waals surface area contributed by atoms with Gasteiger partial charge in [-0.25, -0.2) is 4.98 Å². The molecule has 2 aromatic heterocycles. The molecule has 1 aliphatic heterocycles. The molecule has 0 amide bonds. The molecule has 0 N–H and O–H groups in total. The SMILES string of the molecule is CC(C)c1cn(C2CCCOC2)c2ncccc12. The number of aromatic nitrogens is 2. The first-order valence-electron chi connectivity index (χ1n) is 6.80. The average Bonchev–Trinajstić information content (AvgIpc) is 2.79. The van der Waals surface area contributed by atoms with E-state index in [9.17, 15) is 0 Å². The Morgan fingerprint density at radius 2 is 2.33 bits per heavy atom. The molecular formula is C15H20N2O. The van der Waals surface area contributed by atoms with Crippen molar-refractivity contribution in [2.45, 2.75) is 38.6 Å². The second-order valence-electron chi connectivity index (χ2n) is 5.39. The quantitative estimate of drug-likeness (QED) is 0.808. The summed E-state index contributed by atoms with van der Waals surface area (Å²) in [7, 11) is 0. The summed E-state index contributed by atoms with van der Waals surface area (Å²) in [5.41, 5.74) is 2.50. The molecule has 3 nitrogen and oxygen atoms in total. The molecule has 0 aromatic carbocycles. The summed E-state index contributed by atoms with van der Waals surface area (Å²) in [6.07, 6.45) is 6.50. The molecule has 0 radical (unpaired) electrons. The van der Waals surface area contributed by atoms with Crippen LogP contribution >= 0.6 is 0 Å². The molecular weight excluding hydrogens is 224 g/mol. The number of ether oxygens (including phenoxy) is 1. The summed E-state index contributed by atoms with van der Waals surface area (Å²) in [6.45, 7) is 6.20. The van der Waals surface area contributed by atoms with Crippen molar-refractivity contribution < 1.29 is 4.74 Å². The van der Waals surface area contributed by atoms with Crippen molar-refractivity contribution in [1.82, 2.24) is 9.55 Å². The van der Waals surface area contributed by atoms with Gasteiger partial charge in [0.05, 0.1) is 12.6 Å². The van der Waals surface area contributed by atoms with Crippen LogP contribution in [0.25, 0.3) is 11.0 Å². The molecule has 96 valence electrons. The van der Waals surface area contributed by atoms with E-state index in [4.69, 9.17) is 4.74 Å². The Morgan fingerprint density at radius 1 is 1.44 bits per heavy atom. The fraction of sp³-hybridized carbons (Fsp3) is 0.533. The second kappa shape index (κ2) is 4.73. The normalized spacial score (nSPS) is 20.7. The molecule has 1 unspecified atom stereocenters. The third-order valence-corrected chi connectivity index (χ3v) is 3.77. The van der Waals surface area contributed by atoms with Crippen LogP contribution in [0, 0.1) is 0 Å². The van der Waals surface area contributed by atoms with Gasteiger partial charge < -0.3 is 9.30 Å². The van der Waals surface area contributed by atoms with Gasteiger partial charge in [0.1, 0.15) is 5.65 Å². The fourth-order valence-electron chi connectivity index (χ4n) is 2.79. The van der Waals surface area contributed by atoms with Crippen LogP contribution in [0.15, 0.2) is 24.5 Å². The van der Waals surface area contributed by atoms with E-state index in [0.717, 1.165) is 25.3 Å². The maximum absolute atomic E-state index is 5.61. The van der Waals surface area contributed by atoms with E-state index in [0.29, 0.717) is 12.0 Å². The summed E-state index contributed by atoms with van der Waals surface area (Å²) < 4.78 is 7.93. The largest absolute Gasteiger partial charge is 0.379 e. The topological polar surface area (TPSA) is 27.1 Å². The molecule has 3 heterocycles. The van der Waals surface area contributed by atoms with Crippen LogP contribution in [0.3, 0.4) is 0 Å². The van der Waals surface area contributed by atoms with Gasteiger partial charge in [0.25, 0.3) is 0 Å². The van der Waals surface area contributed by atoms with Crippen LogP contribution in [-0.4, -0.2) is 22.8 Å². The van der Waals surface area contributed by atoms with Gasteiger partial charge in [-0.05, 0) is 36.5 Å². The molecule has 18 heavy (non-hydrogen) atoms. The Kier molecular flexibility index (Phi) is 3.08. The minimum Gasteiger partial charge on any atom is -0.379 e. The summed E-state index contributed by atoms with van der Waals surface area (Å²) in [5, 5.41) is 1.29. The van der Waals surface area contributed by atoms with Crippen LogP contribution in [0.2, 0.25) is 0 Å². The first-order chi connectivity index (χ1) is 8.77. The predicted octanol–water partition coefficient (Wildman–Crippen LogP) is 3.51. The number of nitrogens with zero attached hydrogens (tertiary/aromatic N) is 2. The lowest BCUT2D eigenvalue weighted by Crippen LogP contribution is -2.20. The van der Waals surface area contributed by atoms with Crippen molar-refractivity contribution >= 4 is 11.0 Å². The van der Waals surface area contributed by atoms with Gasteiger partial charge in [-0.2, -0.15) is 0 Å². The molecule has 0 bridgehead atoms. The van der Waals surface area contributed by atoms with Gasteiger partial charge in [0, 0.05) is 24.4 Å². The summed E-state index contributed by atoms with van der Waals surface area (Å²) in [4.78, 5) is 4.57. The van der Waals surface area contributed by atoms with Crippen molar-refractivity contribution in [3.8, 4) is 0 Å². The second-order valence-corrected chi connectivity index (χ2v) is 5.39. The molecule has 1 fully saturated rings. The lowest BCUT2D eigenvalue weighted by Gasteiger charge is -2.24. The van der Waals surface area contributed by atoms with Crippen LogP contribution in [0.1, 0.15) is 44.2 Å². The minimum atomic E-state index is 0.448. The zero-order chi connectivity index (χ0) is 12.5. The van der Waals surface area contributed by atoms with E-state index in [-0.39, 0.29) is 0 Å².